The number of hydrogen-bond donors (Lipinski definition) is 0. The lowest BCUT2D eigenvalue weighted by Crippen LogP contribution is -2.26. The molecule has 0 saturated carbocycles. The van der Waals surface area contributed by atoms with Gasteiger partial charge in [0.15, 0.2) is 0 Å². The van der Waals surface area contributed by atoms with Gasteiger partial charge in [0.25, 0.3) is 0 Å². The monoisotopic (exact) mass is 484 g/mol. The van der Waals surface area contributed by atoms with Crippen LogP contribution in [0, 0.1) is 5.92 Å². The third-order valence-corrected chi connectivity index (χ3v) is 7.10. The third-order valence-electron chi connectivity index (χ3n) is 7.10. The lowest BCUT2D eigenvalue weighted by Gasteiger charge is -2.39. The lowest BCUT2D eigenvalue weighted by atomic mass is 9.65. The molecule has 2 aromatic heterocycles. The van der Waals surface area contributed by atoms with Crippen LogP contribution in [0.1, 0.15) is 43.2 Å². The number of rotatable bonds is 5. The Labute approximate surface area is 208 Å². The standard InChI is InChI=1S/C30H28O6/c1-16(2)30-22(20-12-18-6-8-28(31)35-24(18)14-26(20)33-4)10-17(3)11-23(30)21-13-19-7-9-29(32)36-25(19)15-27(21)34-5/h6-10,12-15,22-23,30H,1,11H2,2-5H3/t22-,23+,30-/m1/s1. The summed E-state index contributed by atoms with van der Waals surface area (Å²) in [4.78, 5) is 23.5. The van der Waals surface area contributed by atoms with Gasteiger partial charge in [0.2, 0.25) is 0 Å². The van der Waals surface area contributed by atoms with E-state index >= 15 is 0 Å². The van der Waals surface area contributed by atoms with Crippen LogP contribution in [0.25, 0.3) is 21.9 Å². The highest BCUT2D eigenvalue weighted by molar-refractivity contribution is 5.81. The molecule has 1 aliphatic rings. The Bertz CT molecular complexity index is 1640. The van der Waals surface area contributed by atoms with E-state index in [1.54, 1.807) is 38.5 Å². The first-order valence-corrected chi connectivity index (χ1v) is 11.9. The van der Waals surface area contributed by atoms with Gasteiger partial charge in [-0.2, -0.15) is 0 Å². The van der Waals surface area contributed by atoms with Crippen LogP contribution >= 0.6 is 0 Å². The molecular weight excluding hydrogens is 456 g/mol. The highest BCUT2D eigenvalue weighted by Crippen LogP contribution is 2.52. The summed E-state index contributed by atoms with van der Waals surface area (Å²) in [6.07, 6.45) is 3.11. The van der Waals surface area contributed by atoms with E-state index in [0.717, 1.165) is 33.9 Å². The fourth-order valence-corrected chi connectivity index (χ4v) is 5.57. The Hall–Kier alpha value is -4.06. The minimum absolute atomic E-state index is 0.0263. The number of fused-ring (bicyclic) bond motifs is 2. The summed E-state index contributed by atoms with van der Waals surface area (Å²) in [5.74, 6) is 1.41. The van der Waals surface area contributed by atoms with E-state index in [1.165, 1.54) is 17.7 Å². The molecule has 0 unspecified atom stereocenters. The fourth-order valence-electron chi connectivity index (χ4n) is 5.57. The summed E-state index contributed by atoms with van der Waals surface area (Å²) in [7, 11) is 3.25. The summed E-state index contributed by atoms with van der Waals surface area (Å²) in [6, 6.07) is 14.1. The van der Waals surface area contributed by atoms with Crippen LogP contribution in [0.2, 0.25) is 0 Å². The molecule has 0 N–H and O–H groups in total. The van der Waals surface area contributed by atoms with Gasteiger partial charge in [-0.05, 0) is 61.9 Å². The second-order valence-corrected chi connectivity index (χ2v) is 9.49. The van der Waals surface area contributed by atoms with Crippen molar-refractivity contribution in [3.8, 4) is 11.5 Å². The van der Waals surface area contributed by atoms with Crippen LogP contribution in [0.15, 0.2) is 90.8 Å². The number of allylic oxidation sites excluding steroid dienone is 3. The maximum atomic E-state index is 11.8. The number of benzene rings is 2. The molecule has 0 fully saturated rings. The van der Waals surface area contributed by atoms with Gasteiger partial charge in [-0.1, -0.05) is 23.8 Å². The Balaban J connectivity index is 1.70. The van der Waals surface area contributed by atoms with Crippen molar-refractivity contribution < 1.29 is 18.3 Å². The minimum Gasteiger partial charge on any atom is -0.496 e. The van der Waals surface area contributed by atoms with E-state index in [9.17, 15) is 9.59 Å². The molecular formula is C30H28O6. The molecule has 4 aromatic rings. The summed E-state index contributed by atoms with van der Waals surface area (Å²) in [5.41, 5.74) is 4.51. The van der Waals surface area contributed by atoms with Crippen molar-refractivity contribution in [3.63, 3.8) is 0 Å². The first-order chi connectivity index (χ1) is 17.3. The molecule has 0 spiro atoms. The van der Waals surface area contributed by atoms with Crippen LogP contribution in [0.3, 0.4) is 0 Å². The zero-order chi connectivity index (χ0) is 25.6. The molecule has 3 atom stereocenters. The van der Waals surface area contributed by atoms with Gasteiger partial charge in [-0.25, -0.2) is 9.59 Å². The van der Waals surface area contributed by atoms with E-state index in [-0.39, 0.29) is 17.8 Å². The highest BCUT2D eigenvalue weighted by Gasteiger charge is 2.37. The molecule has 36 heavy (non-hydrogen) atoms. The average molecular weight is 485 g/mol. The largest absolute Gasteiger partial charge is 0.496 e. The Morgan fingerprint density at radius 2 is 1.39 bits per heavy atom. The summed E-state index contributed by atoms with van der Waals surface area (Å²) < 4.78 is 22.4. The predicted octanol–water partition coefficient (Wildman–Crippen LogP) is 6.33. The molecule has 5 rings (SSSR count). The van der Waals surface area contributed by atoms with Gasteiger partial charge in [0.05, 0.1) is 14.2 Å². The smallest absolute Gasteiger partial charge is 0.336 e. The zero-order valence-electron chi connectivity index (χ0n) is 20.8. The SMILES string of the molecule is C=C(C)[C@@H]1[C@@H](c2cc3ccc(=O)oc3cc2OC)C=C(C)C[C@H]1c1cc2ccc(=O)oc2cc1OC. The first kappa shape index (κ1) is 23.7. The molecule has 2 heterocycles. The average Bonchev–Trinajstić information content (AvgIpc) is 2.86. The Morgan fingerprint density at radius 1 is 0.861 bits per heavy atom. The molecule has 0 saturated heterocycles. The third kappa shape index (κ3) is 4.13. The Morgan fingerprint density at radius 3 is 1.92 bits per heavy atom. The van der Waals surface area contributed by atoms with Crippen LogP contribution in [-0.4, -0.2) is 14.2 Å². The van der Waals surface area contributed by atoms with Gasteiger partial charge in [-0.15, -0.1) is 0 Å². The maximum absolute atomic E-state index is 11.8. The number of hydrogen-bond acceptors (Lipinski definition) is 6. The molecule has 184 valence electrons. The van der Waals surface area contributed by atoms with Crippen molar-refractivity contribution in [3.05, 3.63) is 104 Å². The van der Waals surface area contributed by atoms with Gasteiger partial charge < -0.3 is 18.3 Å². The van der Waals surface area contributed by atoms with Crippen molar-refractivity contribution in [2.45, 2.75) is 32.1 Å². The van der Waals surface area contributed by atoms with E-state index in [4.69, 9.17) is 18.3 Å². The summed E-state index contributed by atoms with van der Waals surface area (Å²) in [6.45, 7) is 8.57. The van der Waals surface area contributed by atoms with Crippen molar-refractivity contribution in [2.75, 3.05) is 14.2 Å². The molecule has 0 aliphatic heterocycles. The quantitative estimate of drug-likeness (QED) is 0.243. The zero-order valence-corrected chi connectivity index (χ0v) is 20.8. The molecule has 2 aromatic carbocycles. The second kappa shape index (κ2) is 9.19. The van der Waals surface area contributed by atoms with Gasteiger partial charge in [0.1, 0.15) is 22.7 Å². The van der Waals surface area contributed by atoms with Gasteiger partial charge in [0, 0.05) is 46.5 Å². The topological polar surface area (TPSA) is 78.9 Å². The van der Waals surface area contributed by atoms with Crippen LogP contribution in [-0.2, 0) is 0 Å². The highest BCUT2D eigenvalue weighted by atomic mass is 16.5. The molecule has 6 nitrogen and oxygen atoms in total. The van der Waals surface area contributed by atoms with E-state index in [0.29, 0.717) is 22.7 Å². The predicted molar refractivity (Wildman–Crippen MR) is 140 cm³/mol. The molecule has 0 bridgehead atoms. The van der Waals surface area contributed by atoms with E-state index in [1.807, 2.05) is 6.07 Å². The van der Waals surface area contributed by atoms with Crippen LogP contribution < -0.4 is 20.7 Å². The Kier molecular flexibility index (Phi) is 6.04. The van der Waals surface area contributed by atoms with E-state index in [2.05, 4.69) is 32.6 Å². The van der Waals surface area contributed by atoms with Gasteiger partial charge >= 0.3 is 11.3 Å². The van der Waals surface area contributed by atoms with Crippen molar-refractivity contribution in [2.24, 2.45) is 5.92 Å². The number of methoxy groups -OCH3 is 2. The van der Waals surface area contributed by atoms with Gasteiger partial charge in [-0.3, -0.25) is 0 Å². The maximum Gasteiger partial charge on any atom is 0.336 e. The normalized spacial score (nSPS) is 19.8. The summed E-state index contributed by atoms with van der Waals surface area (Å²) in [5, 5.41) is 1.67. The van der Waals surface area contributed by atoms with Crippen molar-refractivity contribution >= 4 is 21.9 Å². The fraction of sp³-hybridized carbons (Fsp3) is 0.267. The van der Waals surface area contributed by atoms with Crippen molar-refractivity contribution in [1.29, 1.82) is 0 Å². The molecule has 1 aliphatic carbocycles. The van der Waals surface area contributed by atoms with Crippen LogP contribution in [0.4, 0.5) is 0 Å². The minimum atomic E-state index is -0.398. The van der Waals surface area contributed by atoms with Crippen molar-refractivity contribution in [1.82, 2.24) is 0 Å². The first-order valence-electron chi connectivity index (χ1n) is 11.9. The molecule has 0 radical (unpaired) electrons. The molecule has 0 amide bonds. The lowest BCUT2D eigenvalue weighted by molar-refractivity contribution is 0.365. The second-order valence-electron chi connectivity index (χ2n) is 9.49. The molecule has 6 heteroatoms. The summed E-state index contributed by atoms with van der Waals surface area (Å²) >= 11 is 0. The van der Waals surface area contributed by atoms with Crippen LogP contribution in [0.5, 0.6) is 11.5 Å². The van der Waals surface area contributed by atoms with E-state index < -0.39 is 11.3 Å². The number of ether oxygens (including phenoxy) is 2.